The zero-order valence-electron chi connectivity index (χ0n) is 13.5. The van der Waals surface area contributed by atoms with Gasteiger partial charge >= 0.3 is 0 Å². The highest BCUT2D eigenvalue weighted by Crippen LogP contribution is 2.22. The maximum Gasteiger partial charge on any atom is 0.243 e. The van der Waals surface area contributed by atoms with Gasteiger partial charge in [0, 0.05) is 51.4 Å². The van der Waals surface area contributed by atoms with Gasteiger partial charge in [-0.1, -0.05) is 13.3 Å². The molecule has 2 aliphatic heterocycles. The number of piperazine rings is 1. The minimum absolute atomic E-state index is 0.00461. The number of hydrogen-bond donors (Lipinski definition) is 2. The summed E-state index contributed by atoms with van der Waals surface area (Å²) in [5.74, 6) is 1.49. The van der Waals surface area contributed by atoms with Crippen molar-refractivity contribution in [3.05, 3.63) is 0 Å². The SMILES string of the molecule is CCCCC(=O)N1CSCC1C(=O)NCCN1CCNCC1. The summed E-state index contributed by atoms with van der Waals surface area (Å²) in [7, 11) is 0. The molecule has 0 aromatic rings. The molecule has 1 atom stereocenters. The van der Waals surface area contributed by atoms with E-state index in [-0.39, 0.29) is 17.9 Å². The van der Waals surface area contributed by atoms with E-state index in [1.165, 1.54) is 0 Å². The molecule has 2 amide bonds. The van der Waals surface area contributed by atoms with E-state index in [0.717, 1.165) is 51.3 Å². The molecule has 0 radical (unpaired) electrons. The van der Waals surface area contributed by atoms with Gasteiger partial charge in [0.1, 0.15) is 6.04 Å². The van der Waals surface area contributed by atoms with E-state index in [1.54, 1.807) is 16.7 Å². The second-order valence-corrected chi connectivity index (χ2v) is 6.87. The van der Waals surface area contributed by atoms with Crippen molar-refractivity contribution in [2.75, 3.05) is 50.9 Å². The molecule has 0 saturated carbocycles. The van der Waals surface area contributed by atoms with Crippen LogP contribution >= 0.6 is 11.8 Å². The summed E-state index contributed by atoms with van der Waals surface area (Å²) in [6, 6.07) is -0.280. The van der Waals surface area contributed by atoms with Crippen LogP contribution in [-0.2, 0) is 9.59 Å². The Kier molecular flexibility index (Phi) is 7.48. The maximum atomic E-state index is 12.3. The molecular formula is C15H28N4O2S. The van der Waals surface area contributed by atoms with Crippen molar-refractivity contribution in [3.8, 4) is 0 Å². The first-order valence-corrected chi connectivity index (χ1v) is 9.46. The third kappa shape index (κ3) is 5.14. The van der Waals surface area contributed by atoms with Crippen LogP contribution < -0.4 is 10.6 Å². The number of unbranched alkanes of at least 4 members (excludes halogenated alkanes) is 1. The van der Waals surface area contributed by atoms with Crippen LogP contribution in [0.3, 0.4) is 0 Å². The molecule has 2 aliphatic rings. The van der Waals surface area contributed by atoms with Crippen LogP contribution in [0.4, 0.5) is 0 Å². The first-order valence-electron chi connectivity index (χ1n) is 8.30. The molecule has 1 unspecified atom stereocenters. The highest BCUT2D eigenvalue weighted by Gasteiger charge is 2.33. The molecular weight excluding hydrogens is 300 g/mol. The Morgan fingerprint density at radius 3 is 2.82 bits per heavy atom. The predicted molar refractivity (Wildman–Crippen MR) is 89.8 cm³/mol. The molecule has 0 spiro atoms. The first-order chi connectivity index (χ1) is 10.7. The lowest BCUT2D eigenvalue weighted by Crippen LogP contribution is -2.50. The van der Waals surface area contributed by atoms with Crippen LogP contribution in [0.2, 0.25) is 0 Å². The number of nitrogens with zero attached hydrogens (tertiary/aromatic N) is 2. The van der Waals surface area contributed by atoms with Crippen LogP contribution in [0.15, 0.2) is 0 Å². The molecule has 2 rings (SSSR count). The van der Waals surface area contributed by atoms with Crippen LogP contribution in [0, 0.1) is 0 Å². The molecule has 22 heavy (non-hydrogen) atoms. The number of rotatable bonds is 7. The number of nitrogens with one attached hydrogen (secondary N) is 2. The van der Waals surface area contributed by atoms with Crippen molar-refractivity contribution in [3.63, 3.8) is 0 Å². The van der Waals surface area contributed by atoms with E-state index >= 15 is 0 Å². The highest BCUT2D eigenvalue weighted by atomic mass is 32.2. The average Bonchev–Trinajstić information content (AvgIpc) is 3.03. The fourth-order valence-corrected chi connectivity index (χ4v) is 3.95. The second-order valence-electron chi connectivity index (χ2n) is 5.87. The smallest absolute Gasteiger partial charge is 0.243 e. The van der Waals surface area contributed by atoms with E-state index in [9.17, 15) is 9.59 Å². The van der Waals surface area contributed by atoms with Crippen LogP contribution in [-0.4, -0.2) is 78.6 Å². The molecule has 2 fully saturated rings. The highest BCUT2D eigenvalue weighted by molar-refractivity contribution is 7.99. The Bertz CT molecular complexity index is 375. The van der Waals surface area contributed by atoms with Crippen molar-refractivity contribution in [1.82, 2.24) is 20.4 Å². The van der Waals surface area contributed by atoms with Gasteiger partial charge in [-0.25, -0.2) is 0 Å². The quantitative estimate of drug-likeness (QED) is 0.694. The summed E-state index contributed by atoms with van der Waals surface area (Å²) in [5.41, 5.74) is 0. The van der Waals surface area contributed by atoms with Gasteiger partial charge in [0.05, 0.1) is 5.88 Å². The molecule has 126 valence electrons. The van der Waals surface area contributed by atoms with Crippen LogP contribution in [0.1, 0.15) is 26.2 Å². The van der Waals surface area contributed by atoms with E-state index < -0.39 is 0 Å². The molecule has 2 N–H and O–H groups in total. The number of carbonyl (C=O) groups excluding carboxylic acids is 2. The zero-order chi connectivity index (χ0) is 15.8. The Labute approximate surface area is 137 Å². The van der Waals surface area contributed by atoms with E-state index in [4.69, 9.17) is 0 Å². The van der Waals surface area contributed by atoms with Crippen molar-refractivity contribution >= 4 is 23.6 Å². The van der Waals surface area contributed by atoms with Gasteiger partial charge in [-0.3, -0.25) is 14.5 Å². The molecule has 0 aliphatic carbocycles. The molecule has 2 saturated heterocycles. The number of amides is 2. The number of thioether (sulfide) groups is 1. The standard InChI is InChI=1S/C15H28N4O2S/c1-2-3-4-14(20)19-12-22-11-13(19)15(21)17-7-10-18-8-5-16-6-9-18/h13,16H,2-12H2,1H3,(H,17,21). The number of hydrogen-bond acceptors (Lipinski definition) is 5. The van der Waals surface area contributed by atoms with Gasteiger partial charge in [0.2, 0.25) is 11.8 Å². The Balaban J connectivity index is 1.71. The fourth-order valence-electron chi connectivity index (χ4n) is 2.77. The predicted octanol–water partition coefficient (Wildman–Crippen LogP) is 0.0995. The lowest BCUT2D eigenvalue weighted by atomic mass is 10.2. The third-order valence-electron chi connectivity index (χ3n) is 4.19. The monoisotopic (exact) mass is 328 g/mol. The van der Waals surface area contributed by atoms with Gasteiger partial charge in [0.25, 0.3) is 0 Å². The molecule has 6 nitrogen and oxygen atoms in total. The normalized spacial score (nSPS) is 22.8. The molecule has 0 aromatic carbocycles. The third-order valence-corrected chi connectivity index (χ3v) is 5.20. The largest absolute Gasteiger partial charge is 0.353 e. The topological polar surface area (TPSA) is 64.7 Å². The lowest BCUT2D eigenvalue weighted by Gasteiger charge is -2.28. The van der Waals surface area contributed by atoms with Crippen LogP contribution in [0.25, 0.3) is 0 Å². The molecule has 0 bridgehead atoms. The average molecular weight is 328 g/mol. The lowest BCUT2D eigenvalue weighted by molar-refractivity contribution is -0.138. The van der Waals surface area contributed by atoms with Crippen molar-refractivity contribution in [2.45, 2.75) is 32.2 Å². The summed E-state index contributed by atoms with van der Waals surface area (Å²) in [4.78, 5) is 28.6. The molecule has 7 heteroatoms. The van der Waals surface area contributed by atoms with Crippen molar-refractivity contribution in [1.29, 1.82) is 0 Å². The fraction of sp³-hybridized carbons (Fsp3) is 0.867. The minimum Gasteiger partial charge on any atom is -0.353 e. The maximum absolute atomic E-state index is 12.3. The van der Waals surface area contributed by atoms with Gasteiger partial charge in [-0.15, -0.1) is 11.8 Å². The summed E-state index contributed by atoms with van der Waals surface area (Å²) < 4.78 is 0. The molecule has 2 heterocycles. The van der Waals surface area contributed by atoms with E-state index in [2.05, 4.69) is 22.5 Å². The van der Waals surface area contributed by atoms with Crippen molar-refractivity contribution in [2.24, 2.45) is 0 Å². The minimum atomic E-state index is -0.280. The van der Waals surface area contributed by atoms with Crippen molar-refractivity contribution < 1.29 is 9.59 Å². The van der Waals surface area contributed by atoms with Gasteiger partial charge in [0.15, 0.2) is 0 Å². The summed E-state index contributed by atoms with van der Waals surface area (Å²) in [6.07, 6.45) is 2.47. The first kappa shape index (κ1) is 17.6. The van der Waals surface area contributed by atoms with Gasteiger partial charge in [-0.05, 0) is 6.42 Å². The second kappa shape index (κ2) is 9.37. The Morgan fingerprint density at radius 2 is 2.09 bits per heavy atom. The van der Waals surface area contributed by atoms with Gasteiger partial charge < -0.3 is 15.5 Å². The summed E-state index contributed by atoms with van der Waals surface area (Å²) in [6.45, 7) is 7.74. The zero-order valence-corrected chi connectivity index (χ0v) is 14.3. The Morgan fingerprint density at radius 1 is 1.32 bits per heavy atom. The van der Waals surface area contributed by atoms with E-state index in [0.29, 0.717) is 18.8 Å². The Hall–Kier alpha value is -0.790. The molecule has 0 aromatic heterocycles. The number of carbonyl (C=O) groups is 2. The van der Waals surface area contributed by atoms with Gasteiger partial charge in [-0.2, -0.15) is 0 Å². The summed E-state index contributed by atoms with van der Waals surface area (Å²) in [5, 5.41) is 6.32. The van der Waals surface area contributed by atoms with Crippen LogP contribution in [0.5, 0.6) is 0 Å². The summed E-state index contributed by atoms with van der Waals surface area (Å²) >= 11 is 1.67. The van der Waals surface area contributed by atoms with E-state index in [1.807, 2.05) is 0 Å².